The number of furan rings is 1. The molecule has 1 fully saturated rings. The molecule has 1 aromatic heterocycles. The zero-order valence-corrected chi connectivity index (χ0v) is 14.5. The van der Waals surface area contributed by atoms with Crippen molar-refractivity contribution in [1.82, 2.24) is 4.90 Å². The molecule has 0 atom stereocenters. The molecule has 0 spiro atoms. The summed E-state index contributed by atoms with van der Waals surface area (Å²) < 4.78 is 5.14. The summed E-state index contributed by atoms with van der Waals surface area (Å²) in [7, 11) is 0. The van der Waals surface area contributed by atoms with Gasteiger partial charge in [0.2, 0.25) is 0 Å². The van der Waals surface area contributed by atoms with Gasteiger partial charge in [-0.15, -0.1) is 0 Å². The van der Waals surface area contributed by atoms with Crippen LogP contribution in [0.3, 0.4) is 0 Å². The lowest BCUT2D eigenvalue weighted by atomic mass is 9.89. The largest absolute Gasteiger partial charge is 0.459 e. The third-order valence-electron chi connectivity index (χ3n) is 4.33. The van der Waals surface area contributed by atoms with Crippen LogP contribution in [0.4, 0.5) is 0 Å². The number of carbonyl (C=O) groups excluding carboxylic acids is 2. The highest BCUT2D eigenvalue weighted by molar-refractivity contribution is 6.42. The number of amides is 1. The summed E-state index contributed by atoms with van der Waals surface area (Å²) in [5.41, 5.74) is 0.864. The van der Waals surface area contributed by atoms with E-state index in [0.717, 1.165) is 5.56 Å². The van der Waals surface area contributed by atoms with Gasteiger partial charge < -0.3 is 9.32 Å². The van der Waals surface area contributed by atoms with Gasteiger partial charge in [0.05, 0.1) is 16.3 Å². The van der Waals surface area contributed by atoms with E-state index in [4.69, 9.17) is 27.6 Å². The predicted octanol–water partition coefficient (Wildman–Crippen LogP) is 4.25. The fourth-order valence-corrected chi connectivity index (χ4v) is 3.28. The highest BCUT2D eigenvalue weighted by atomic mass is 35.5. The standard InChI is InChI=1S/C18H17Cl2NO3/c19-14-4-3-12(10-15(14)20)11-16(22)13-5-7-21(8-6-13)18(23)17-2-1-9-24-17/h1-4,9-10,13H,5-8,11H2. The van der Waals surface area contributed by atoms with Gasteiger partial charge in [0.25, 0.3) is 5.91 Å². The number of halogens is 2. The molecule has 3 rings (SSSR count). The van der Waals surface area contributed by atoms with Crippen molar-refractivity contribution in [3.05, 3.63) is 58.0 Å². The van der Waals surface area contributed by atoms with E-state index < -0.39 is 0 Å². The van der Waals surface area contributed by atoms with E-state index in [1.807, 2.05) is 6.07 Å². The van der Waals surface area contributed by atoms with Gasteiger partial charge in [-0.1, -0.05) is 29.3 Å². The molecule has 2 aromatic rings. The number of hydrogen-bond donors (Lipinski definition) is 0. The minimum Gasteiger partial charge on any atom is -0.459 e. The minimum absolute atomic E-state index is 0.0277. The second-order valence-corrected chi connectivity index (χ2v) is 6.75. The molecule has 1 aromatic carbocycles. The molecule has 4 nitrogen and oxygen atoms in total. The van der Waals surface area contributed by atoms with Crippen molar-refractivity contribution in [3.8, 4) is 0 Å². The Morgan fingerprint density at radius 2 is 1.88 bits per heavy atom. The molecule has 1 amide bonds. The maximum absolute atomic E-state index is 12.5. The third-order valence-corrected chi connectivity index (χ3v) is 5.07. The van der Waals surface area contributed by atoms with Gasteiger partial charge in [0, 0.05) is 25.4 Å². The first-order chi connectivity index (χ1) is 11.5. The third kappa shape index (κ3) is 3.82. The summed E-state index contributed by atoms with van der Waals surface area (Å²) in [4.78, 5) is 26.4. The van der Waals surface area contributed by atoms with Crippen molar-refractivity contribution in [2.75, 3.05) is 13.1 Å². The Morgan fingerprint density at radius 3 is 2.50 bits per heavy atom. The van der Waals surface area contributed by atoms with E-state index in [9.17, 15) is 9.59 Å². The molecule has 1 aliphatic rings. The SMILES string of the molecule is O=C(Cc1ccc(Cl)c(Cl)c1)C1CCN(C(=O)c2ccco2)CC1. The molecule has 1 aliphatic heterocycles. The van der Waals surface area contributed by atoms with Gasteiger partial charge in [-0.2, -0.15) is 0 Å². The Labute approximate surface area is 150 Å². The number of benzene rings is 1. The Bertz CT molecular complexity index is 735. The van der Waals surface area contributed by atoms with Crippen molar-refractivity contribution in [3.63, 3.8) is 0 Å². The van der Waals surface area contributed by atoms with E-state index in [-0.39, 0.29) is 17.6 Å². The number of nitrogens with zero attached hydrogens (tertiary/aromatic N) is 1. The van der Waals surface area contributed by atoms with Crippen molar-refractivity contribution in [2.24, 2.45) is 5.92 Å². The van der Waals surface area contributed by atoms with E-state index in [1.165, 1.54) is 6.26 Å². The fourth-order valence-electron chi connectivity index (χ4n) is 2.96. The van der Waals surface area contributed by atoms with Crippen molar-refractivity contribution >= 4 is 34.9 Å². The molecule has 0 radical (unpaired) electrons. The van der Waals surface area contributed by atoms with Crippen LogP contribution in [0.25, 0.3) is 0 Å². The number of hydrogen-bond acceptors (Lipinski definition) is 3. The Kier molecular flexibility index (Phi) is 5.27. The predicted molar refractivity (Wildman–Crippen MR) is 92.5 cm³/mol. The number of ketones is 1. The van der Waals surface area contributed by atoms with Gasteiger partial charge in [0.1, 0.15) is 5.78 Å². The first kappa shape index (κ1) is 17.1. The van der Waals surface area contributed by atoms with E-state index in [1.54, 1.807) is 29.2 Å². The van der Waals surface area contributed by atoms with E-state index in [2.05, 4.69) is 0 Å². The first-order valence-corrected chi connectivity index (χ1v) is 8.59. The molecule has 6 heteroatoms. The molecular formula is C18H17Cl2NO3. The number of likely N-dealkylation sites (tertiary alicyclic amines) is 1. The van der Waals surface area contributed by atoms with E-state index in [0.29, 0.717) is 48.2 Å². The van der Waals surface area contributed by atoms with Crippen LogP contribution < -0.4 is 0 Å². The molecule has 0 saturated carbocycles. The van der Waals surface area contributed by atoms with Crippen LogP contribution in [-0.4, -0.2) is 29.7 Å². The Balaban J connectivity index is 1.55. The number of piperidine rings is 1. The zero-order valence-electron chi connectivity index (χ0n) is 13.0. The average Bonchev–Trinajstić information content (AvgIpc) is 3.12. The molecule has 0 unspecified atom stereocenters. The van der Waals surface area contributed by atoms with Crippen LogP contribution in [0.15, 0.2) is 41.0 Å². The van der Waals surface area contributed by atoms with Crippen LogP contribution in [-0.2, 0) is 11.2 Å². The lowest BCUT2D eigenvalue weighted by Gasteiger charge is -2.30. The number of rotatable bonds is 4. The van der Waals surface area contributed by atoms with Crippen molar-refractivity contribution in [2.45, 2.75) is 19.3 Å². The first-order valence-electron chi connectivity index (χ1n) is 7.84. The van der Waals surface area contributed by atoms with Gasteiger partial charge in [-0.05, 0) is 42.7 Å². The van der Waals surface area contributed by atoms with Crippen molar-refractivity contribution < 1.29 is 14.0 Å². The lowest BCUT2D eigenvalue weighted by molar-refractivity contribution is -0.123. The van der Waals surface area contributed by atoms with Gasteiger partial charge in [-0.3, -0.25) is 9.59 Å². The second-order valence-electron chi connectivity index (χ2n) is 5.94. The second kappa shape index (κ2) is 7.41. The average molecular weight is 366 g/mol. The normalized spacial score (nSPS) is 15.5. The van der Waals surface area contributed by atoms with Crippen LogP contribution >= 0.6 is 23.2 Å². The van der Waals surface area contributed by atoms with Gasteiger partial charge in [-0.25, -0.2) is 0 Å². The molecule has 2 heterocycles. The summed E-state index contributed by atoms with van der Waals surface area (Å²) in [6.45, 7) is 1.13. The Hall–Kier alpha value is -1.78. The highest BCUT2D eigenvalue weighted by Crippen LogP contribution is 2.25. The lowest BCUT2D eigenvalue weighted by Crippen LogP contribution is -2.40. The molecule has 1 saturated heterocycles. The minimum atomic E-state index is -0.115. The zero-order chi connectivity index (χ0) is 17.1. The van der Waals surface area contributed by atoms with Crippen molar-refractivity contribution in [1.29, 1.82) is 0 Å². The van der Waals surface area contributed by atoms with Gasteiger partial charge in [0.15, 0.2) is 5.76 Å². The summed E-state index contributed by atoms with van der Waals surface area (Å²) in [5.74, 6) is 0.379. The summed E-state index contributed by atoms with van der Waals surface area (Å²) >= 11 is 11.9. The quantitative estimate of drug-likeness (QED) is 0.813. The topological polar surface area (TPSA) is 50.5 Å². The monoisotopic (exact) mass is 365 g/mol. The van der Waals surface area contributed by atoms with Crippen LogP contribution in [0.2, 0.25) is 10.0 Å². The number of Topliss-reactive ketones (excluding diaryl/α,β-unsaturated/α-hetero) is 1. The summed E-state index contributed by atoms with van der Waals surface area (Å²) in [6, 6.07) is 8.61. The molecule has 0 aliphatic carbocycles. The maximum atomic E-state index is 12.5. The van der Waals surface area contributed by atoms with E-state index >= 15 is 0 Å². The highest BCUT2D eigenvalue weighted by Gasteiger charge is 2.28. The molecular weight excluding hydrogens is 349 g/mol. The molecule has 0 N–H and O–H groups in total. The Morgan fingerprint density at radius 1 is 1.12 bits per heavy atom. The van der Waals surface area contributed by atoms with Crippen LogP contribution in [0, 0.1) is 5.92 Å². The molecule has 0 bridgehead atoms. The summed E-state index contributed by atoms with van der Waals surface area (Å²) in [5, 5.41) is 0.943. The smallest absolute Gasteiger partial charge is 0.289 e. The maximum Gasteiger partial charge on any atom is 0.289 e. The van der Waals surface area contributed by atoms with Gasteiger partial charge >= 0.3 is 0 Å². The molecule has 24 heavy (non-hydrogen) atoms. The van der Waals surface area contributed by atoms with Crippen LogP contribution in [0.5, 0.6) is 0 Å². The van der Waals surface area contributed by atoms with Crippen LogP contribution in [0.1, 0.15) is 29.0 Å². The summed E-state index contributed by atoms with van der Waals surface area (Å²) in [6.07, 6.45) is 3.17. The number of carbonyl (C=O) groups is 2. The fraction of sp³-hybridized carbons (Fsp3) is 0.333. The molecule has 126 valence electrons.